The molecule has 7 nitrogen and oxygen atoms in total. The van der Waals surface area contributed by atoms with Crippen LogP contribution in [0.4, 0.5) is 5.69 Å². The predicted molar refractivity (Wildman–Crippen MR) is 91.0 cm³/mol. The molecule has 1 heterocycles. The maximum absolute atomic E-state index is 12.7. The van der Waals surface area contributed by atoms with Crippen LogP contribution in [0, 0.1) is 6.92 Å². The van der Waals surface area contributed by atoms with E-state index in [4.69, 9.17) is 14.6 Å². The number of carbonyl (C=O) groups is 1. The van der Waals surface area contributed by atoms with Crippen molar-refractivity contribution in [2.45, 2.75) is 18.2 Å². The highest BCUT2D eigenvalue weighted by atomic mass is 32.2. The first-order valence-corrected chi connectivity index (χ1v) is 9.11. The molecule has 0 aromatic heterocycles. The second-order valence-electron chi connectivity index (χ2n) is 5.60. The van der Waals surface area contributed by atoms with Gasteiger partial charge in [-0.15, -0.1) is 0 Å². The van der Waals surface area contributed by atoms with Crippen molar-refractivity contribution in [1.82, 2.24) is 0 Å². The zero-order valence-corrected chi connectivity index (χ0v) is 14.3. The molecule has 2 aromatic rings. The highest BCUT2D eigenvalue weighted by Gasteiger charge is 2.20. The molecule has 8 heteroatoms. The van der Waals surface area contributed by atoms with Gasteiger partial charge >= 0.3 is 5.97 Å². The third-order valence-corrected chi connectivity index (χ3v) is 5.12. The Labute approximate surface area is 145 Å². The van der Waals surface area contributed by atoms with Gasteiger partial charge in [-0.1, -0.05) is 6.07 Å². The van der Waals surface area contributed by atoms with E-state index in [1.807, 2.05) is 0 Å². The quantitative estimate of drug-likeness (QED) is 0.866. The lowest BCUT2D eigenvalue weighted by atomic mass is 10.1. The van der Waals surface area contributed by atoms with Crippen LogP contribution in [-0.4, -0.2) is 32.7 Å². The van der Waals surface area contributed by atoms with Crippen LogP contribution >= 0.6 is 0 Å². The number of ether oxygens (including phenoxy) is 2. The standard InChI is InChI=1S/C17H17NO6S/c1-11-3-4-12(17(19)20)9-14(11)18-25(21,22)13-5-6-15-16(10-13)24-8-2-7-23-15/h3-6,9-10,18H,2,7-8H2,1H3,(H,19,20). The second kappa shape index (κ2) is 6.64. The van der Waals surface area contributed by atoms with Crippen molar-refractivity contribution < 1.29 is 27.8 Å². The molecule has 25 heavy (non-hydrogen) atoms. The van der Waals surface area contributed by atoms with Gasteiger partial charge in [-0.25, -0.2) is 13.2 Å². The zero-order valence-electron chi connectivity index (χ0n) is 13.5. The Morgan fingerprint density at radius 3 is 2.52 bits per heavy atom. The number of fused-ring (bicyclic) bond motifs is 1. The van der Waals surface area contributed by atoms with E-state index in [-0.39, 0.29) is 16.1 Å². The SMILES string of the molecule is Cc1ccc(C(=O)O)cc1NS(=O)(=O)c1ccc2c(c1)OCCCO2. The molecule has 0 unspecified atom stereocenters. The van der Waals surface area contributed by atoms with Crippen molar-refractivity contribution in [3.63, 3.8) is 0 Å². The summed E-state index contributed by atoms with van der Waals surface area (Å²) in [5.41, 5.74) is 0.830. The average molecular weight is 363 g/mol. The number of benzene rings is 2. The monoisotopic (exact) mass is 363 g/mol. The van der Waals surface area contributed by atoms with Gasteiger partial charge in [0, 0.05) is 12.5 Å². The van der Waals surface area contributed by atoms with Crippen LogP contribution in [0.15, 0.2) is 41.3 Å². The van der Waals surface area contributed by atoms with Crippen LogP contribution < -0.4 is 14.2 Å². The van der Waals surface area contributed by atoms with Gasteiger partial charge in [-0.2, -0.15) is 0 Å². The van der Waals surface area contributed by atoms with Crippen LogP contribution in [0.3, 0.4) is 0 Å². The van der Waals surface area contributed by atoms with Gasteiger partial charge < -0.3 is 14.6 Å². The third-order valence-electron chi connectivity index (χ3n) is 3.76. The summed E-state index contributed by atoms with van der Waals surface area (Å²) >= 11 is 0. The Morgan fingerprint density at radius 2 is 1.80 bits per heavy atom. The summed E-state index contributed by atoms with van der Waals surface area (Å²) in [6.07, 6.45) is 0.718. The van der Waals surface area contributed by atoms with Crippen LogP contribution in [0.25, 0.3) is 0 Å². The van der Waals surface area contributed by atoms with Gasteiger partial charge in [0.2, 0.25) is 0 Å². The number of sulfonamides is 1. The molecule has 1 aliphatic heterocycles. The van der Waals surface area contributed by atoms with Gasteiger partial charge in [0.25, 0.3) is 10.0 Å². The average Bonchev–Trinajstić information content (AvgIpc) is 2.81. The van der Waals surface area contributed by atoms with E-state index < -0.39 is 16.0 Å². The Kier molecular flexibility index (Phi) is 4.54. The van der Waals surface area contributed by atoms with E-state index in [0.29, 0.717) is 30.3 Å². The summed E-state index contributed by atoms with van der Waals surface area (Å²) in [7, 11) is -3.90. The zero-order chi connectivity index (χ0) is 18.0. The van der Waals surface area contributed by atoms with Crippen molar-refractivity contribution in [3.8, 4) is 11.5 Å². The van der Waals surface area contributed by atoms with Crippen LogP contribution in [-0.2, 0) is 10.0 Å². The molecule has 3 rings (SSSR count). The van der Waals surface area contributed by atoms with Gasteiger partial charge in [0.1, 0.15) is 0 Å². The van der Waals surface area contributed by atoms with E-state index in [0.717, 1.165) is 6.42 Å². The smallest absolute Gasteiger partial charge is 0.335 e. The molecule has 0 saturated carbocycles. The molecule has 0 aliphatic carbocycles. The third kappa shape index (κ3) is 3.69. The van der Waals surface area contributed by atoms with Crippen LogP contribution in [0.1, 0.15) is 22.3 Å². The highest BCUT2D eigenvalue weighted by Crippen LogP contribution is 2.32. The first kappa shape index (κ1) is 17.1. The largest absolute Gasteiger partial charge is 0.490 e. The van der Waals surface area contributed by atoms with Gasteiger partial charge in [0.05, 0.1) is 29.4 Å². The summed E-state index contributed by atoms with van der Waals surface area (Å²) < 4.78 is 38.7. The maximum Gasteiger partial charge on any atom is 0.335 e. The molecule has 0 radical (unpaired) electrons. The second-order valence-corrected chi connectivity index (χ2v) is 7.28. The topological polar surface area (TPSA) is 102 Å². The Hall–Kier alpha value is -2.74. The minimum absolute atomic E-state index is 0.00182. The summed E-state index contributed by atoms with van der Waals surface area (Å²) in [4.78, 5) is 11.1. The fourth-order valence-electron chi connectivity index (χ4n) is 2.38. The Balaban J connectivity index is 1.94. The van der Waals surface area contributed by atoms with E-state index in [2.05, 4.69) is 4.72 Å². The normalized spacial score (nSPS) is 13.8. The first-order chi connectivity index (χ1) is 11.9. The number of aryl methyl sites for hydroxylation is 1. The summed E-state index contributed by atoms with van der Waals surface area (Å²) in [5.74, 6) is -0.257. The minimum Gasteiger partial charge on any atom is -0.490 e. The molecule has 0 atom stereocenters. The highest BCUT2D eigenvalue weighted by molar-refractivity contribution is 7.92. The number of carboxylic acid groups (broad SMARTS) is 1. The van der Waals surface area contributed by atoms with Crippen LogP contribution in [0.5, 0.6) is 11.5 Å². The molecule has 0 fully saturated rings. The molecule has 2 aromatic carbocycles. The molecule has 1 aliphatic rings. The van der Waals surface area contributed by atoms with Crippen molar-refractivity contribution in [1.29, 1.82) is 0 Å². The maximum atomic E-state index is 12.7. The molecule has 0 amide bonds. The van der Waals surface area contributed by atoms with E-state index in [9.17, 15) is 13.2 Å². The lowest BCUT2D eigenvalue weighted by Gasteiger charge is -2.13. The molecule has 0 bridgehead atoms. The fourth-order valence-corrected chi connectivity index (χ4v) is 3.52. The van der Waals surface area contributed by atoms with Crippen molar-refractivity contribution in [2.75, 3.05) is 17.9 Å². The Bertz CT molecular complexity index is 923. The van der Waals surface area contributed by atoms with E-state index in [1.54, 1.807) is 19.1 Å². The molecular weight excluding hydrogens is 346 g/mol. The van der Waals surface area contributed by atoms with Crippen molar-refractivity contribution in [2.24, 2.45) is 0 Å². The van der Waals surface area contributed by atoms with Gasteiger partial charge in [-0.05, 0) is 36.8 Å². The number of carboxylic acids is 1. The summed E-state index contributed by atoms with van der Waals surface area (Å²) in [6, 6.07) is 8.64. The van der Waals surface area contributed by atoms with E-state index in [1.165, 1.54) is 24.3 Å². The van der Waals surface area contributed by atoms with Gasteiger partial charge in [-0.3, -0.25) is 4.72 Å². The number of hydrogen-bond acceptors (Lipinski definition) is 5. The number of rotatable bonds is 4. The number of nitrogens with one attached hydrogen (secondary N) is 1. The molecule has 132 valence electrons. The number of hydrogen-bond donors (Lipinski definition) is 2. The lowest BCUT2D eigenvalue weighted by molar-refractivity contribution is 0.0697. The number of anilines is 1. The first-order valence-electron chi connectivity index (χ1n) is 7.63. The molecule has 2 N–H and O–H groups in total. The van der Waals surface area contributed by atoms with E-state index >= 15 is 0 Å². The van der Waals surface area contributed by atoms with Crippen molar-refractivity contribution in [3.05, 3.63) is 47.5 Å². The number of aromatic carboxylic acids is 1. The molecule has 0 saturated heterocycles. The van der Waals surface area contributed by atoms with Crippen molar-refractivity contribution >= 4 is 21.7 Å². The molecular formula is C17H17NO6S. The lowest BCUT2D eigenvalue weighted by Crippen LogP contribution is -2.14. The summed E-state index contributed by atoms with van der Waals surface area (Å²) in [6.45, 7) is 2.65. The molecule has 0 spiro atoms. The Morgan fingerprint density at radius 1 is 1.08 bits per heavy atom. The van der Waals surface area contributed by atoms with Gasteiger partial charge in [0.15, 0.2) is 11.5 Å². The van der Waals surface area contributed by atoms with Crippen LogP contribution in [0.2, 0.25) is 0 Å². The predicted octanol–water partition coefficient (Wildman–Crippen LogP) is 2.66. The minimum atomic E-state index is -3.90. The fraction of sp³-hybridized carbons (Fsp3) is 0.235. The summed E-state index contributed by atoms with van der Waals surface area (Å²) in [5, 5.41) is 9.07.